The minimum atomic E-state index is -0.426. The molecule has 0 aromatic heterocycles. The SMILES string of the molecule is COc1cc(C2(C(=O)N[C@H](C)CN3CCCC3=O)CC2)ccc1C. The molecular formula is C19H26N2O3. The van der Waals surface area contributed by atoms with Gasteiger partial charge >= 0.3 is 0 Å². The highest BCUT2D eigenvalue weighted by Crippen LogP contribution is 2.49. The molecule has 1 aliphatic heterocycles. The fourth-order valence-corrected chi connectivity index (χ4v) is 3.52. The van der Waals surface area contributed by atoms with Gasteiger partial charge in [0.2, 0.25) is 11.8 Å². The van der Waals surface area contributed by atoms with Crippen LogP contribution in [0.2, 0.25) is 0 Å². The van der Waals surface area contributed by atoms with Crippen LogP contribution in [0.1, 0.15) is 43.7 Å². The molecule has 130 valence electrons. The van der Waals surface area contributed by atoms with Crippen LogP contribution < -0.4 is 10.1 Å². The normalized spacial score (nSPS) is 20.0. The van der Waals surface area contributed by atoms with Gasteiger partial charge in [0.25, 0.3) is 0 Å². The molecule has 2 fully saturated rings. The van der Waals surface area contributed by atoms with Crippen molar-refractivity contribution in [3.8, 4) is 5.75 Å². The number of rotatable bonds is 6. The van der Waals surface area contributed by atoms with E-state index in [1.54, 1.807) is 7.11 Å². The van der Waals surface area contributed by atoms with Crippen molar-refractivity contribution in [1.29, 1.82) is 0 Å². The molecular weight excluding hydrogens is 304 g/mol. The number of hydrogen-bond donors (Lipinski definition) is 1. The summed E-state index contributed by atoms with van der Waals surface area (Å²) in [7, 11) is 1.65. The average molecular weight is 330 g/mol. The number of nitrogens with zero attached hydrogens (tertiary/aromatic N) is 1. The summed E-state index contributed by atoms with van der Waals surface area (Å²) >= 11 is 0. The van der Waals surface area contributed by atoms with E-state index in [9.17, 15) is 9.59 Å². The quantitative estimate of drug-likeness (QED) is 0.869. The Bertz CT molecular complexity index is 652. The molecule has 1 atom stereocenters. The Kier molecular flexibility index (Phi) is 4.52. The van der Waals surface area contributed by atoms with E-state index < -0.39 is 5.41 Å². The van der Waals surface area contributed by atoms with Gasteiger partial charge in [0, 0.05) is 25.6 Å². The molecule has 1 heterocycles. The Morgan fingerprint density at radius 3 is 2.75 bits per heavy atom. The lowest BCUT2D eigenvalue weighted by Crippen LogP contribution is -2.46. The summed E-state index contributed by atoms with van der Waals surface area (Å²) in [6.45, 7) is 5.36. The third-order valence-electron chi connectivity index (χ3n) is 5.19. The largest absolute Gasteiger partial charge is 0.496 e. The van der Waals surface area contributed by atoms with Crippen LogP contribution in [-0.2, 0) is 15.0 Å². The van der Waals surface area contributed by atoms with Gasteiger partial charge in [-0.25, -0.2) is 0 Å². The van der Waals surface area contributed by atoms with Crippen LogP contribution in [-0.4, -0.2) is 43.0 Å². The number of ether oxygens (including phenoxy) is 1. The molecule has 5 nitrogen and oxygen atoms in total. The number of benzene rings is 1. The molecule has 0 unspecified atom stereocenters. The highest BCUT2D eigenvalue weighted by molar-refractivity contribution is 5.91. The Balaban J connectivity index is 1.66. The molecule has 1 saturated carbocycles. The van der Waals surface area contributed by atoms with Crippen molar-refractivity contribution >= 4 is 11.8 Å². The van der Waals surface area contributed by atoms with Gasteiger partial charge in [0.15, 0.2) is 0 Å². The van der Waals surface area contributed by atoms with Gasteiger partial charge in [-0.05, 0) is 50.3 Å². The standard InChI is InChI=1S/C19H26N2O3/c1-13-6-7-15(11-16(13)24-3)19(8-9-19)18(23)20-14(2)12-21-10-4-5-17(21)22/h6-7,11,14H,4-5,8-10,12H2,1-3H3,(H,20,23)/t14-/m1/s1. The van der Waals surface area contributed by atoms with E-state index in [2.05, 4.69) is 5.32 Å². The third kappa shape index (κ3) is 3.12. The number of methoxy groups -OCH3 is 1. The summed E-state index contributed by atoms with van der Waals surface area (Å²) in [6.07, 6.45) is 3.28. The fraction of sp³-hybridized carbons (Fsp3) is 0.579. The van der Waals surface area contributed by atoms with E-state index in [-0.39, 0.29) is 17.9 Å². The first-order valence-electron chi connectivity index (χ1n) is 8.70. The maximum absolute atomic E-state index is 12.8. The predicted octanol–water partition coefficient (Wildman–Crippen LogP) is 2.16. The van der Waals surface area contributed by atoms with Crippen molar-refractivity contribution in [3.63, 3.8) is 0 Å². The topological polar surface area (TPSA) is 58.6 Å². The molecule has 1 aliphatic carbocycles. The maximum Gasteiger partial charge on any atom is 0.230 e. The molecule has 0 bridgehead atoms. The maximum atomic E-state index is 12.8. The Morgan fingerprint density at radius 2 is 2.17 bits per heavy atom. The third-order valence-corrected chi connectivity index (χ3v) is 5.19. The summed E-state index contributed by atoms with van der Waals surface area (Å²) in [5.41, 5.74) is 1.66. The molecule has 1 aromatic carbocycles. The zero-order valence-corrected chi connectivity index (χ0v) is 14.7. The van der Waals surface area contributed by atoms with Crippen molar-refractivity contribution in [3.05, 3.63) is 29.3 Å². The van der Waals surface area contributed by atoms with Gasteiger partial charge in [-0.2, -0.15) is 0 Å². The summed E-state index contributed by atoms with van der Waals surface area (Å²) in [5.74, 6) is 1.08. The summed E-state index contributed by atoms with van der Waals surface area (Å²) in [5, 5.41) is 3.11. The lowest BCUT2D eigenvalue weighted by Gasteiger charge is -2.24. The number of carbonyl (C=O) groups is 2. The molecule has 2 amide bonds. The van der Waals surface area contributed by atoms with Crippen LogP contribution in [0, 0.1) is 6.92 Å². The lowest BCUT2D eigenvalue weighted by molar-refractivity contribution is -0.129. The van der Waals surface area contributed by atoms with E-state index in [0.717, 1.165) is 42.7 Å². The first-order chi connectivity index (χ1) is 11.5. The van der Waals surface area contributed by atoms with Crippen LogP contribution >= 0.6 is 0 Å². The molecule has 5 heteroatoms. The van der Waals surface area contributed by atoms with Crippen molar-refractivity contribution < 1.29 is 14.3 Å². The van der Waals surface area contributed by atoms with Gasteiger partial charge < -0.3 is 15.0 Å². The van der Waals surface area contributed by atoms with E-state index in [0.29, 0.717) is 13.0 Å². The predicted molar refractivity (Wildman–Crippen MR) is 92.1 cm³/mol. The van der Waals surface area contributed by atoms with Crippen LogP contribution in [0.25, 0.3) is 0 Å². The van der Waals surface area contributed by atoms with Crippen molar-refractivity contribution in [2.24, 2.45) is 0 Å². The number of aryl methyl sites for hydroxylation is 1. The monoisotopic (exact) mass is 330 g/mol. The van der Waals surface area contributed by atoms with Gasteiger partial charge in [-0.1, -0.05) is 12.1 Å². The first kappa shape index (κ1) is 16.8. The molecule has 24 heavy (non-hydrogen) atoms. The van der Waals surface area contributed by atoms with Gasteiger partial charge in [0.05, 0.1) is 12.5 Å². The van der Waals surface area contributed by atoms with Crippen molar-refractivity contribution in [1.82, 2.24) is 10.2 Å². The van der Waals surface area contributed by atoms with Gasteiger partial charge in [0.1, 0.15) is 5.75 Å². The highest BCUT2D eigenvalue weighted by Gasteiger charge is 2.51. The molecule has 0 spiro atoms. The van der Waals surface area contributed by atoms with E-state index in [1.807, 2.05) is 36.9 Å². The number of amides is 2. The van der Waals surface area contributed by atoms with Crippen LogP contribution in [0.3, 0.4) is 0 Å². The minimum absolute atomic E-state index is 0.0376. The summed E-state index contributed by atoms with van der Waals surface area (Å²) in [4.78, 5) is 26.4. The molecule has 1 N–H and O–H groups in total. The number of hydrogen-bond acceptors (Lipinski definition) is 3. The van der Waals surface area contributed by atoms with Crippen LogP contribution in [0.4, 0.5) is 0 Å². The number of likely N-dealkylation sites (tertiary alicyclic amines) is 1. The van der Waals surface area contributed by atoms with Crippen molar-refractivity contribution in [2.45, 2.75) is 51.0 Å². The van der Waals surface area contributed by atoms with Crippen molar-refractivity contribution in [2.75, 3.05) is 20.2 Å². The zero-order chi connectivity index (χ0) is 17.3. The summed E-state index contributed by atoms with van der Waals surface area (Å²) in [6, 6.07) is 5.98. The zero-order valence-electron chi connectivity index (χ0n) is 14.7. The summed E-state index contributed by atoms with van der Waals surface area (Å²) < 4.78 is 5.39. The number of carbonyl (C=O) groups excluding carboxylic acids is 2. The second-order valence-corrected chi connectivity index (χ2v) is 7.08. The molecule has 2 aliphatic rings. The van der Waals surface area contributed by atoms with Crippen LogP contribution in [0.5, 0.6) is 5.75 Å². The van der Waals surface area contributed by atoms with Gasteiger partial charge in [-0.15, -0.1) is 0 Å². The second kappa shape index (κ2) is 6.46. The minimum Gasteiger partial charge on any atom is -0.496 e. The molecule has 1 saturated heterocycles. The first-order valence-corrected chi connectivity index (χ1v) is 8.70. The Hall–Kier alpha value is -2.04. The Labute approximate surface area is 143 Å². The van der Waals surface area contributed by atoms with Crippen LogP contribution in [0.15, 0.2) is 18.2 Å². The lowest BCUT2D eigenvalue weighted by atomic mass is 9.93. The van der Waals surface area contributed by atoms with E-state index in [1.165, 1.54) is 0 Å². The molecule has 3 rings (SSSR count). The second-order valence-electron chi connectivity index (χ2n) is 7.08. The van der Waals surface area contributed by atoms with E-state index >= 15 is 0 Å². The molecule has 0 radical (unpaired) electrons. The highest BCUT2D eigenvalue weighted by atomic mass is 16.5. The smallest absolute Gasteiger partial charge is 0.230 e. The fourth-order valence-electron chi connectivity index (χ4n) is 3.52. The Morgan fingerprint density at radius 1 is 1.42 bits per heavy atom. The number of nitrogens with one attached hydrogen (secondary N) is 1. The van der Waals surface area contributed by atoms with E-state index in [4.69, 9.17) is 4.74 Å². The molecule has 1 aromatic rings. The average Bonchev–Trinajstić information content (AvgIpc) is 3.27. The van der Waals surface area contributed by atoms with Gasteiger partial charge in [-0.3, -0.25) is 9.59 Å².